The van der Waals surface area contributed by atoms with Crippen molar-refractivity contribution in [2.24, 2.45) is 0 Å². The second kappa shape index (κ2) is 4.28. The number of fused-ring (bicyclic) bond motifs is 1. The van der Waals surface area contributed by atoms with Crippen LogP contribution in [-0.4, -0.2) is 55.8 Å². The van der Waals surface area contributed by atoms with Crippen molar-refractivity contribution in [2.75, 3.05) is 31.3 Å². The lowest BCUT2D eigenvalue weighted by Gasteiger charge is -2.23. The van der Waals surface area contributed by atoms with E-state index < -0.39 is 0 Å². The molecule has 7 heteroatoms. The molecule has 0 unspecified atom stereocenters. The summed E-state index contributed by atoms with van der Waals surface area (Å²) in [7, 11) is 0. The van der Waals surface area contributed by atoms with Crippen LogP contribution in [0.15, 0.2) is 18.9 Å². The summed E-state index contributed by atoms with van der Waals surface area (Å²) in [6.45, 7) is 0.914. The van der Waals surface area contributed by atoms with Gasteiger partial charge in [-0.3, -0.25) is 5.01 Å². The maximum absolute atomic E-state index is 8.90. The first kappa shape index (κ1) is 9.94. The molecule has 0 aliphatic rings. The molecule has 2 heterocycles. The molecule has 0 atom stereocenters. The van der Waals surface area contributed by atoms with Gasteiger partial charge in [0, 0.05) is 0 Å². The summed E-state index contributed by atoms with van der Waals surface area (Å²) in [6, 6.07) is 0. The molecular formula is C8H13N5O2. The molecule has 0 spiro atoms. The Bertz CT molecular complexity index is 417. The summed E-state index contributed by atoms with van der Waals surface area (Å²) in [5.74, 6) is 0. The van der Waals surface area contributed by atoms with Crippen LogP contribution in [0.2, 0.25) is 0 Å². The molecule has 0 amide bonds. The van der Waals surface area contributed by atoms with Gasteiger partial charge in [0.05, 0.1) is 32.5 Å². The summed E-state index contributed by atoms with van der Waals surface area (Å²) in [5, 5.41) is 19.6. The van der Waals surface area contributed by atoms with Crippen LogP contribution in [0.25, 0.3) is 5.65 Å². The maximum atomic E-state index is 8.90. The zero-order valence-corrected chi connectivity index (χ0v) is 8.19. The Labute approximate surface area is 86.2 Å². The van der Waals surface area contributed by atoms with Crippen molar-refractivity contribution in [1.29, 1.82) is 0 Å². The van der Waals surface area contributed by atoms with Crippen molar-refractivity contribution in [2.45, 2.75) is 0 Å². The van der Waals surface area contributed by atoms with Crippen molar-refractivity contribution in [1.82, 2.24) is 19.3 Å². The monoisotopic (exact) mass is 211 g/mol. The topological polar surface area (TPSA) is 78.8 Å². The van der Waals surface area contributed by atoms with Crippen LogP contribution in [0.1, 0.15) is 0 Å². The van der Waals surface area contributed by atoms with Gasteiger partial charge in [0.25, 0.3) is 0 Å². The highest BCUT2D eigenvalue weighted by Gasteiger charge is 2.08. The summed E-state index contributed by atoms with van der Waals surface area (Å²) < 4.78 is 1.74. The van der Waals surface area contributed by atoms with E-state index in [4.69, 9.17) is 10.2 Å². The van der Waals surface area contributed by atoms with E-state index in [0.29, 0.717) is 13.1 Å². The minimum Gasteiger partial charge on any atom is -0.394 e. The maximum Gasteiger partial charge on any atom is 0.175 e. The lowest BCUT2D eigenvalue weighted by Crippen LogP contribution is -2.40. The fourth-order valence-corrected chi connectivity index (χ4v) is 1.46. The van der Waals surface area contributed by atoms with Crippen LogP contribution in [-0.2, 0) is 0 Å². The number of rotatable bonds is 5. The van der Waals surface area contributed by atoms with Crippen LogP contribution < -0.4 is 5.01 Å². The minimum atomic E-state index is 0.0222. The predicted octanol–water partition coefficient (Wildman–Crippen LogP) is -1.55. The fraction of sp³-hybridized carbons (Fsp3) is 0.500. The third-order valence-corrected chi connectivity index (χ3v) is 2.12. The minimum absolute atomic E-state index is 0.0222. The first-order valence-electron chi connectivity index (χ1n) is 4.69. The zero-order valence-electron chi connectivity index (χ0n) is 8.19. The van der Waals surface area contributed by atoms with Gasteiger partial charge in [-0.2, -0.15) is 4.79 Å². The van der Waals surface area contributed by atoms with Crippen molar-refractivity contribution < 1.29 is 10.2 Å². The van der Waals surface area contributed by atoms with Gasteiger partial charge in [-0.05, 0) is 0 Å². The quantitative estimate of drug-likeness (QED) is 0.626. The summed E-state index contributed by atoms with van der Waals surface area (Å²) in [4.78, 5) is 9.79. The number of aliphatic hydroxyl groups is 2. The second-order valence-electron chi connectivity index (χ2n) is 3.06. The first-order valence-corrected chi connectivity index (χ1v) is 4.69. The van der Waals surface area contributed by atoms with Crippen molar-refractivity contribution in [3.63, 3.8) is 0 Å². The largest absolute Gasteiger partial charge is 0.394 e. The van der Waals surface area contributed by atoms with Gasteiger partial charge >= 0.3 is 0 Å². The number of hydrogen-bond donors (Lipinski definition) is 2. The van der Waals surface area contributed by atoms with E-state index in [1.807, 2.05) is 0 Å². The Morgan fingerprint density at radius 3 is 2.60 bits per heavy atom. The molecule has 0 bridgehead atoms. The molecule has 15 heavy (non-hydrogen) atoms. The third-order valence-electron chi connectivity index (χ3n) is 2.12. The number of aromatic nitrogens is 4. The fourth-order valence-electron chi connectivity index (χ4n) is 1.46. The molecule has 0 saturated heterocycles. The SMILES string of the molecule is OCCN(CCO)n1cnc2cncn21. The number of hydrogen-bond acceptors (Lipinski definition) is 5. The summed E-state index contributed by atoms with van der Waals surface area (Å²) in [6.07, 6.45) is 4.90. The van der Waals surface area contributed by atoms with Gasteiger partial charge in [0.1, 0.15) is 12.7 Å². The summed E-state index contributed by atoms with van der Waals surface area (Å²) in [5.41, 5.74) is 0.732. The third kappa shape index (κ3) is 1.79. The normalized spacial score (nSPS) is 11.1. The zero-order chi connectivity index (χ0) is 10.7. The van der Waals surface area contributed by atoms with Gasteiger partial charge in [-0.15, -0.1) is 0 Å². The Kier molecular flexibility index (Phi) is 2.84. The molecule has 7 nitrogen and oxygen atoms in total. The molecule has 0 aliphatic heterocycles. The van der Waals surface area contributed by atoms with Crippen molar-refractivity contribution >= 4 is 5.65 Å². The molecule has 0 radical (unpaired) electrons. The van der Waals surface area contributed by atoms with Gasteiger partial charge in [0.15, 0.2) is 5.65 Å². The second-order valence-corrected chi connectivity index (χ2v) is 3.06. The lowest BCUT2D eigenvalue weighted by molar-refractivity contribution is 0.259. The highest BCUT2D eigenvalue weighted by atomic mass is 16.3. The molecule has 2 aromatic heterocycles. The van der Waals surface area contributed by atoms with Gasteiger partial charge < -0.3 is 10.2 Å². The summed E-state index contributed by atoms with van der Waals surface area (Å²) >= 11 is 0. The first-order chi connectivity index (χ1) is 7.36. The molecule has 0 fully saturated rings. The molecule has 2 aromatic rings. The van der Waals surface area contributed by atoms with Crippen LogP contribution in [0, 0.1) is 0 Å². The Balaban J connectivity index is 2.29. The molecule has 2 rings (SSSR count). The molecule has 2 N–H and O–H groups in total. The van der Waals surface area contributed by atoms with E-state index in [1.54, 1.807) is 33.2 Å². The average Bonchev–Trinajstić information content (AvgIpc) is 2.78. The van der Waals surface area contributed by atoms with Crippen LogP contribution in [0.3, 0.4) is 0 Å². The van der Waals surface area contributed by atoms with E-state index in [-0.39, 0.29) is 13.2 Å². The average molecular weight is 211 g/mol. The Morgan fingerprint density at radius 2 is 1.93 bits per heavy atom. The highest BCUT2D eigenvalue weighted by Crippen LogP contribution is 1.99. The smallest absolute Gasteiger partial charge is 0.175 e. The number of nitrogens with zero attached hydrogens (tertiary/aromatic N) is 5. The number of aliphatic hydroxyl groups excluding tert-OH is 2. The number of imidazole rings is 1. The van der Waals surface area contributed by atoms with Crippen LogP contribution in [0.4, 0.5) is 0 Å². The predicted molar refractivity (Wildman–Crippen MR) is 53.1 cm³/mol. The Morgan fingerprint density at radius 1 is 1.20 bits per heavy atom. The molecule has 0 aromatic carbocycles. The van der Waals surface area contributed by atoms with E-state index >= 15 is 0 Å². The molecule has 0 saturated carbocycles. The van der Waals surface area contributed by atoms with Crippen LogP contribution in [0.5, 0.6) is 0 Å². The molecular weight excluding hydrogens is 198 g/mol. The highest BCUT2D eigenvalue weighted by molar-refractivity contribution is 5.32. The van der Waals surface area contributed by atoms with E-state index in [1.165, 1.54) is 0 Å². The van der Waals surface area contributed by atoms with Gasteiger partial charge in [0.2, 0.25) is 0 Å². The van der Waals surface area contributed by atoms with Crippen molar-refractivity contribution in [3.05, 3.63) is 18.9 Å². The van der Waals surface area contributed by atoms with Crippen LogP contribution >= 0.6 is 0 Å². The van der Waals surface area contributed by atoms with Gasteiger partial charge in [-0.25, -0.2) is 14.5 Å². The molecule has 82 valence electrons. The van der Waals surface area contributed by atoms with Gasteiger partial charge in [-0.1, -0.05) is 0 Å². The van der Waals surface area contributed by atoms with Crippen molar-refractivity contribution in [3.8, 4) is 0 Å². The Hall–Kier alpha value is -1.60. The van der Waals surface area contributed by atoms with E-state index in [0.717, 1.165) is 5.65 Å². The molecule has 0 aliphatic carbocycles. The van der Waals surface area contributed by atoms with E-state index in [2.05, 4.69) is 9.97 Å². The lowest BCUT2D eigenvalue weighted by atomic mass is 10.6. The van der Waals surface area contributed by atoms with E-state index in [9.17, 15) is 0 Å². The standard InChI is InChI=1S/C8H13N5O2/c14-3-1-11(2-4-15)13-7-10-8-5-9-6-12(8)13/h5-7,14-15H,1-4H2.